The maximum atomic E-state index is 13.0. The van der Waals surface area contributed by atoms with E-state index in [9.17, 15) is 4.39 Å². The Hall–Kier alpha value is -0.930. The summed E-state index contributed by atoms with van der Waals surface area (Å²) in [7, 11) is 0. The lowest BCUT2D eigenvalue weighted by molar-refractivity contribution is 0.279. The fourth-order valence-corrected chi connectivity index (χ4v) is 1.66. The van der Waals surface area contributed by atoms with Crippen LogP contribution in [0.5, 0.6) is 0 Å². The summed E-state index contributed by atoms with van der Waals surface area (Å²) in [4.78, 5) is 2.30. The number of benzene rings is 1. The van der Waals surface area contributed by atoms with Gasteiger partial charge in [-0.1, -0.05) is 26.0 Å². The molecule has 0 saturated carbocycles. The van der Waals surface area contributed by atoms with Crippen LogP contribution in [0.2, 0.25) is 0 Å². The van der Waals surface area contributed by atoms with E-state index in [-0.39, 0.29) is 5.82 Å². The number of likely N-dealkylation sites (N-methyl/N-ethyl adjacent to an activating group) is 2. The predicted octanol–water partition coefficient (Wildman–Crippen LogP) is 2.26. The third kappa shape index (κ3) is 4.73. The maximum absolute atomic E-state index is 13.0. The van der Waals surface area contributed by atoms with Gasteiger partial charge in [-0.25, -0.2) is 4.39 Å². The van der Waals surface area contributed by atoms with Crippen LogP contribution in [0.1, 0.15) is 19.4 Å². The summed E-state index contributed by atoms with van der Waals surface area (Å²) in [5.41, 5.74) is 1.04. The van der Waals surface area contributed by atoms with Crippen LogP contribution in [0.25, 0.3) is 0 Å². The maximum Gasteiger partial charge on any atom is 0.123 e. The molecule has 1 aromatic carbocycles. The molecule has 0 aliphatic carbocycles. The van der Waals surface area contributed by atoms with Crippen LogP contribution < -0.4 is 5.32 Å². The highest BCUT2D eigenvalue weighted by molar-refractivity contribution is 5.16. The molecular weight excluding hydrogens is 203 g/mol. The molecule has 0 atom stereocenters. The molecule has 0 unspecified atom stereocenters. The minimum atomic E-state index is -0.153. The molecule has 0 amide bonds. The molecule has 0 bridgehead atoms. The second-order valence-electron chi connectivity index (χ2n) is 3.85. The summed E-state index contributed by atoms with van der Waals surface area (Å²) in [6, 6.07) is 6.83. The van der Waals surface area contributed by atoms with Crippen LogP contribution in [0.4, 0.5) is 4.39 Å². The highest BCUT2D eigenvalue weighted by Crippen LogP contribution is 2.06. The Morgan fingerprint density at radius 2 is 2.12 bits per heavy atom. The van der Waals surface area contributed by atoms with Crippen molar-refractivity contribution in [3.8, 4) is 0 Å². The summed E-state index contributed by atoms with van der Waals surface area (Å²) in [5.74, 6) is -0.153. The fourth-order valence-electron chi connectivity index (χ4n) is 1.66. The third-order valence-electron chi connectivity index (χ3n) is 2.60. The van der Waals surface area contributed by atoms with Crippen molar-refractivity contribution in [1.82, 2.24) is 10.2 Å². The molecule has 3 heteroatoms. The second kappa shape index (κ2) is 7.36. The van der Waals surface area contributed by atoms with Gasteiger partial charge in [0.1, 0.15) is 5.82 Å². The first-order chi connectivity index (χ1) is 7.76. The lowest BCUT2D eigenvalue weighted by Gasteiger charge is -2.20. The van der Waals surface area contributed by atoms with E-state index in [0.717, 1.165) is 38.3 Å². The highest BCUT2D eigenvalue weighted by Gasteiger charge is 2.03. The van der Waals surface area contributed by atoms with Crippen molar-refractivity contribution < 1.29 is 4.39 Å². The number of hydrogen-bond acceptors (Lipinski definition) is 2. The van der Waals surface area contributed by atoms with Gasteiger partial charge in [0.15, 0.2) is 0 Å². The largest absolute Gasteiger partial charge is 0.316 e. The first kappa shape index (κ1) is 13.1. The Balaban J connectivity index is 2.43. The van der Waals surface area contributed by atoms with Gasteiger partial charge in [0.05, 0.1) is 0 Å². The Labute approximate surface area is 97.5 Å². The van der Waals surface area contributed by atoms with E-state index in [1.54, 1.807) is 12.1 Å². The Morgan fingerprint density at radius 3 is 2.75 bits per heavy atom. The van der Waals surface area contributed by atoms with E-state index in [1.807, 2.05) is 6.07 Å². The highest BCUT2D eigenvalue weighted by atomic mass is 19.1. The first-order valence-electron chi connectivity index (χ1n) is 5.93. The van der Waals surface area contributed by atoms with E-state index in [2.05, 4.69) is 24.1 Å². The molecular formula is C13H21FN2. The van der Waals surface area contributed by atoms with E-state index in [0.29, 0.717) is 0 Å². The molecule has 1 N–H and O–H groups in total. The number of nitrogens with one attached hydrogen (secondary N) is 1. The number of rotatable bonds is 7. The summed E-state index contributed by atoms with van der Waals surface area (Å²) in [6.45, 7) is 9.02. The van der Waals surface area contributed by atoms with Crippen molar-refractivity contribution in [2.75, 3.05) is 26.2 Å². The molecule has 90 valence electrons. The summed E-state index contributed by atoms with van der Waals surface area (Å²) in [5, 5.41) is 3.29. The van der Waals surface area contributed by atoms with E-state index in [1.165, 1.54) is 6.07 Å². The summed E-state index contributed by atoms with van der Waals surface area (Å²) in [6.07, 6.45) is 0. The Morgan fingerprint density at radius 1 is 1.31 bits per heavy atom. The molecule has 0 fully saturated rings. The Bertz CT molecular complexity index is 302. The third-order valence-corrected chi connectivity index (χ3v) is 2.60. The van der Waals surface area contributed by atoms with Crippen molar-refractivity contribution in [3.05, 3.63) is 35.6 Å². The molecule has 0 aliphatic rings. The van der Waals surface area contributed by atoms with Gasteiger partial charge >= 0.3 is 0 Å². The molecule has 0 spiro atoms. The standard InChI is InChI=1S/C13H21FN2/c1-3-15-8-9-16(4-2)11-12-6-5-7-13(14)10-12/h5-7,10,15H,3-4,8-9,11H2,1-2H3. The van der Waals surface area contributed by atoms with Gasteiger partial charge in [-0.15, -0.1) is 0 Å². The number of hydrogen-bond donors (Lipinski definition) is 1. The van der Waals surface area contributed by atoms with Crippen LogP contribution >= 0.6 is 0 Å². The van der Waals surface area contributed by atoms with E-state index in [4.69, 9.17) is 0 Å². The van der Waals surface area contributed by atoms with Gasteiger partial charge in [0.25, 0.3) is 0 Å². The smallest absolute Gasteiger partial charge is 0.123 e. The molecule has 0 heterocycles. The lowest BCUT2D eigenvalue weighted by atomic mass is 10.2. The molecule has 1 aromatic rings. The van der Waals surface area contributed by atoms with Crippen molar-refractivity contribution in [1.29, 1.82) is 0 Å². The van der Waals surface area contributed by atoms with E-state index < -0.39 is 0 Å². The van der Waals surface area contributed by atoms with Gasteiger partial charge in [-0.05, 0) is 30.8 Å². The lowest BCUT2D eigenvalue weighted by Crippen LogP contribution is -2.31. The van der Waals surface area contributed by atoms with Crippen LogP contribution in [-0.2, 0) is 6.54 Å². The van der Waals surface area contributed by atoms with Gasteiger partial charge < -0.3 is 5.32 Å². The first-order valence-corrected chi connectivity index (χ1v) is 5.93. The molecule has 16 heavy (non-hydrogen) atoms. The zero-order valence-corrected chi connectivity index (χ0v) is 10.2. The van der Waals surface area contributed by atoms with Crippen molar-refractivity contribution in [3.63, 3.8) is 0 Å². The van der Waals surface area contributed by atoms with Crippen LogP contribution in [-0.4, -0.2) is 31.1 Å². The minimum absolute atomic E-state index is 0.153. The SMILES string of the molecule is CCNCCN(CC)Cc1cccc(F)c1. The molecule has 0 radical (unpaired) electrons. The van der Waals surface area contributed by atoms with Gasteiger partial charge in [-0.2, -0.15) is 0 Å². The van der Waals surface area contributed by atoms with E-state index >= 15 is 0 Å². The molecule has 0 aromatic heterocycles. The molecule has 0 aliphatic heterocycles. The zero-order chi connectivity index (χ0) is 11.8. The number of nitrogens with zero attached hydrogens (tertiary/aromatic N) is 1. The van der Waals surface area contributed by atoms with Gasteiger partial charge in [-0.3, -0.25) is 4.90 Å². The average molecular weight is 224 g/mol. The van der Waals surface area contributed by atoms with Crippen molar-refractivity contribution >= 4 is 0 Å². The topological polar surface area (TPSA) is 15.3 Å². The van der Waals surface area contributed by atoms with Gasteiger partial charge in [0.2, 0.25) is 0 Å². The van der Waals surface area contributed by atoms with Crippen LogP contribution in [0, 0.1) is 5.82 Å². The average Bonchev–Trinajstić information content (AvgIpc) is 2.28. The summed E-state index contributed by atoms with van der Waals surface area (Å²) >= 11 is 0. The predicted molar refractivity (Wildman–Crippen MR) is 65.9 cm³/mol. The fraction of sp³-hybridized carbons (Fsp3) is 0.538. The second-order valence-corrected chi connectivity index (χ2v) is 3.85. The molecule has 0 saturated heterocycles. The summed E-state index contributed by atoms with van der Waals surface area (Å²) < 4.78 is 13.0. The zero-order valence-electron chi connectivity index (χ0n) is 10.2. The normalized spacial score (nSPS) is 11.0. The minimum Gasteiger partial charge on any atom is -0.316 e. The van der Waals surface area contributed by atoms with Gasteiger partial charge in [0, 0.05) is 19.6 Å². The quantitative estimate of drug-likeness (QED) is 0.715. The molecule has 1 rings (SSSR count). The molecule has 2 nitrogen and oxygen atoms in total. The van der Waals surface area contributed by atoms with Crippen LogP contribution in [0.3, 0.4) is 0 Å². The monoisotopic (exact) mass is 224 g/mol. The van der Waals surface area contributed by atoms with Crippen molar-refractivity contribution in [2.24, 2.45) is 0 Å². The number of halogens is 1. The van der Waals surface area contributed by atoms with Crippen molar-refractivity contribution in [2.45, 2.75) is 20.4 Å². The Kier molecular flexibility index (Phi) is 6.04. The van der Waals surface area contributed by atoms with Crippen LogP contribution in [0.15, 0.2) is 24.3 Å².